The minimum absolute atomic E-state index is 0.789. The van der Waals surface area contributed by atoms with Gasteiger partial charge < -0.3 is 4.74 Å². The zero-order chi connectivity index (χ0) is 9.84. The maximum atomic E-state index is 6.00. The summed E-state index contributed by atoms with van der Waals surface area (Å²) in [7, 11) is 1.67. The van der Waals surface area contributed by atoms with Gasteiger partial charge in [0.05, 0.1) is 7.11 Å². The van der Waals surface area contributed by atoms with Crippen LogP contribution in [0.5, 0.6) is 5.75 Å². The molecule has 0 amide bonds. The van der Waals surface area contributed by atoms with Crippen LogP contribution in [0.3, 0.4) is 0 Å². The molecular formula is C10H13ClOS. The van der Waals surface area contributed by atoms with Crippen molar-refractivity contribution in [2.45, 2.75) is 13.3 Å². The van der Waals surface area contributed by atoms with Gasteiger partial charge in [0.2, 0.25) is 0 Å². The van der Waals surface area contributed by atoms with Crippen molar-refractivity contribution >= 4 is 24.2 Å². The molecule has 0 radical (unpaired) electrons. The van der Waals surface area contributed by atoms with Crippen LogP contribution < -0.4 is 4.74 Å². The van der Waals surface area contributed by atoms with Gasteiger partial charge in [-0.15, -0.1) is 0 Å². The molecule has 0 fully saturated rings. The Morgan fingerprint density at radius 3 is 2.69 bits per heavy atom. The second-order valence-electron chi connectivity index (χ2n) is 2.89. The van der Waals surface area contributed by atoms with Gasteiger partial charge in [0.1, 0.15) is 5.75 Å². The third-order valence-corrected chi connectivity index (χ3v) is 2.57. The van der Waals surface area contributed by atoms with Gasteiger partial charge in [0.15, 0.2) is 0 Å². The Morgan fingerprint density at radius 1 is 1.46 bits per heavy atom. The highest BCUT2D eigenvalue weighted by Gasteiger charge is 2.05. The molecule has 0 saturated heterocycles. The highest BCUT2D eigenvalue weighted by molar-refractivity contribution is 7.80. The predicted octanol–water partition coefficient (Wildman–Crippen LogP) is 3.13. The fourth-order valence-corrected chi connectivity index (χ4v) is 1.63. The normalized spacial score (nSPS) is 10.2. The van der Waals surface area contributed by atoms with Gasteiger partial charge in [-0.05, 0) is 42.4 Å². The van der Waals surface area contributed by atoms with Gasteiger partial charge in [-0.1, -0.05) is 11.6 Å². The SMILES string of the molecule is COc1cc(C)c(Cl)cc1CCS. The van der Waals surface area contributed by atoms with Crippen molar-refractivity contribution in [1.82, 2.24) is 0 Å². The number of thiol groups is 1. The van der Waals surface area contributed by atoms with Crippen LogP contribution in [0.4, 0.5) is 0 Å². The first-order chi connectivity index (χ1) is 6.19. The summed E-state index contributed by atoms with van der Waals surface area (Å²) < 4.78 is 5.24. The van der Waals surface area contributed by atoms with Gasteiger partial charge in [-0.25, -0.2) is 0 Å². The molecule has 0 atom stereocenters. The van der Waals surface area contributed by atoms with E-state index in [4.69, 9.17) is 16.3 Å². The molecule has 0 aliphatic heterocycles. The minimum Gasteiger partial charge on any atom is -0.496 e. The van der Waals surface area contributed by atoms with Crippen LogP contribution in [-0.2, 0) is 6.42 Å². The average Bonchev–Trinajstić information content (AvgIpc) is 2.11. The molecule has 1 nitrogen and oxygen atoms in total. The largest absolute Gasteiger partial charge is 0.496 e. The molecule has 0 aliphatic carbocycles. The Labute approximate surface area is 89.5 Å². The quantitative estimate of drug-likeness (QED) is 0.764. The molecule has 0 aliphatic rings. The average molecular weight is 217 g/mol. The fraction of sp³-hybridized carbons (Fsp3) is 0.400. The molecule has 13 heavy (non-hydrogen) atoms. The number of rotatable bonds is 3. The highest BCUT2D eigenvalue weighted by atomic mass is 35.5. The topological polar surface area (TPSA) is 9.23 Å². The first-order valence-corrected chi connectivity index (χ1v) is 5.14. The lowest BCUT2D eigenvalue weighted by atomic mass is 10.1. The van der Waals surface area contributed by atoms with E-state index in [1.807, 2.05) is 19.1 Å². The smallest absolute Gasteiger partial charge is 0.122 e. The van der Waals surface area contributed by atoms with Crippen molar-refractivity contribution in [2.24, 2.45) is 0 Å². The minimum atomic E-state index is 0.789. The summed E-state index contributed by atoms with van der Waals surface area (Å²) in [4.78, 5) is 0. The molecule has 0 aromatic heterocycles. The Balaban J connectivity index is 3.09. The van der Waals surface area contributed by atoms with E-state index in [-0.39, 0.29) is 0 Å². The molecular weight excluding hydrogens is 204 g/mol. The van der Waals surface area contributed by atoms with E-state index >= 15 is 0 Å². The molecule has 1 rings (SSSR count). The molecule has 1 aromatic carbocycles. The third-order valence-electron chi connectivity index (χ3n) is 1.94. The van der Waals surface area contributed by atoms with Crippen LogP contribution in [0.15, 0.2) is 12.1 Å². The predicted molar refractivity (Wildman–Crippen MR) is 60.3 cm³/mol. The van der Waals surface area contributed by atoms with E-state index in [0.29, 0.717) is 0 Å². The van der Waals surface area contributed by atoms with Crippen molar-refractivity contribution in [3.8, 4) is 5.75 Å². The molecule has 3 heteroatoms. The second kappa shape index (κ2) is 4.77. The van der Waals surface area contributed by atoms with Crippen LogP contribution in [0.2, 0.25) is 5.02 Å². The van der Waals surface area contributed by atoms with E-state index in [0.717, 1.165) is 34.1 Å². The van der Waals surface area contributed by atoms with Crippen LogP contribution in [0.1, 0.15) is 11.1 Å². The second-order valence-corrected chi connectivity index (χ2v) is 3.74. The van der Waals surface area contributed by atoms with Gasteiger partial charge in [-0.3, -0.25) is 0 Å². The molecule has 0 heterocycles. The van der Waals surface area contributed by atoms with E-state index in [2.05, 4.69) is 12.6 Å². The number of ether oxygens (including phenoxy) is 1. The molecule has 0 N–H and O–H groups in total. The number of hydrogen-bond donors (Lipinski definition) is 1. The molecule has 0 bridgehead atoms. The van der Waals surface area contributed by atoms with E-state index in [9.17, 15) is 0 Å². The van der Waals surface area contributed by atoms with Gasteiger partial charge in [0, 0.05) is 5.02 Å². The maximum Gasteiger partial charge on any atom is 0.122 e. The van der Waals surface area contributed by atoms with E-state index < -0.39 is 0 Å². The molecule has 1 aromatic rings. The van der Waals surface area contributed by atoms with Gasteiger partial charge >= 0.3 is 0 Å². The van der Waals surface area contributed by atoms with Crippen molar-refractivity contribution in [1.29, 1.82) is 0 Å². The Bertz CT molecular complexity index is 299. The van der Waals surface area contributed by atoms with Crippen LogP contribution in [0, 0.1) is 6.92 Å². The number of hydrogen-bond acceptors (Lipinski definition) is 2. The number of methoxy groups -OCH3 is 1. The molecule has 72 valence electrons. The summed E-state index contributed by atoms with van der Waals surface area (Å²) in [6, 6.07) is 3.91. The monoisotopic (exact) mass is 216 g/mol. The van der Waals surface area contributed by atoms with Gasteiger partial charge in [0.25, 0.3) is 0 Å². The van der Waals surface area contributed by atoms with Crippen molar-refractivity contribution in [3.05, 3.63) is 28.3 Å². The van der Waals surface area contributed by atoms with E-state index in [1.54, 1.807) is 7.11 Å². The number of aryl methyl sites for hydroxylation is 2. The van der Waals surface area contributed by atoms with Crippen molar-refractivity contribution < 1.29 is 4.74 Å². The molecule has 0 spiro atoms. The number of halogens is 1. The molecule has 0 saturated carbocycles. The lowest BCUT2D eigenvalue weighted by Gasteiger charge is -2.09. The maximum absolute atomic E-state index is 6.00. The Morgan fingerprint density at radius 2 is 2.15 bits per heavy atom. The summed E-state index contributed by atoms with van der Waals surface area (Å²) in [6.07, 6.45) is 0.881. The zero-order valence-electron chi connectivity index (χ0n) is 7.80. The first-order valence-electron chi connectivity index (χ1n) is 4.13. The van der Waals surface area contributed by atoms with Crippen molar-refractivity contribution in [2.75, 3.05) is 12.9 Å². The van der Waals surface area contributed by atoms with Crippen LogP contribution >= 0.6 is 24.2 Å². The van der Waals surface area contributed by atoms with Gasteiger partial charge in [-0.2, -0.15) is 12.6 Å². The summed E-state index contributed by atoms with van der Waals surface area (Å²) in [6.45, 7) is 1.97. The lowest BCUT2D eigenvalue weighted by molar-refractivity contribution is 0.410. The Hall–Kier alpha value is -0.340. The van der Waals surface area contributed by atoms with E-state index in [1.165, 1.54) is 0 Å². The number of benzene rings is 1. The summed E-state index contributed by atoms with van der Waals surface area (Å²) in [5, 5.41) is 0.789. The fourth-order valence-electron chi connectivity index (χ4n) is 1.20. The zero-order valence-corrected chi connectivity index (χ0v) is 9.45. The molecule has 0 unspecified atom stereocenters. The summed E-state index contributed by atoms with van der Waals surface area (Å²) in [5.41, 5.74) is 2.16. The highest BCUT2D eigenvalue weighted by Crippen LogP contribution is 2.26. The summed E-state index contributed by atoms with van der Waals surface area (Å²) >= 11 is 10.2. The third kappa shape index (κ3) is 2.55. The van der Waals surface area contributed by atoms with Crippen LogP contribution in [0.25, 0.3) is 0 Å². The first kappa shape index (κ1) is 10.7. The van der Waals surface area contributed by atoms with Crippen molar-refractivity contribution in [3.63, 3.8) is 0 Å². The lowest BCUT2D eigenvalue weighted by Crippen LogP contribution is -1.94. The van der Waals surface area contributed by atoms with Crippen LogP contribution in [-0.4, -0.2) is 12.9 Å². The summed E-state index contributed by atoms with van der Waals surface area (Å²) in [5.74, 6) is 1.70. The Kier molecular flexibility index (Phi) is 3.94. The standard InChI is InChI=1S/C10H13ClOS/c1-7-5-10(12-2)8(3-4-13)6-9(7)11/h5-6,13H,3-4H2,1-2H3.